The van der Waals surface area contributed by atoms with Crippen LogP contribution in [0.1, 0.15) is 18.5 Å². The second-order valence-electron chi connectivity index (χ2n) is 8.30. The summed E-state index contributed by atoms with van der Waals surface area (Å²) in [6.07, 6.45) is 3.47. The second kappa shape index (κ2) is 9.72. The van der Waals surface area contributed by atoms with E-state index in [-0.39, 0.29) is 5.56 Å². The topological polar surface area (TPSA) is 104 Å². The van der Waals surface area contributed by atoms with E-state index in [0.29, 0.717) is 44.0 Å². The van der Waals surface area contributed by atoms with Crippen LogP contribution in [0, 0.1) is 0 Å². The van der Waals surface area contributed by atoms with E-state index in [9.17, 15) is 4.79 Å². The first-order valence-corrected chi connectivity index (χ1v) is 11.3. The third-order valence-corrected chi connectivity index (χ3v) is 6.21. The Labute approximate surface area is 191 Å². The van der Waals surface area contributed by atoms with Gasteiger partial charge in [-0.2, -0.15) is 5.10 Å². The maximum absolute atomic E-state index is 12.5. The highest BCUT2D eigenvalue weighted by molar-refractivity contribution is 5.76. The van der Waals surface area contributed by atoms with Gasteiger partial charge in [-0.05, 0) is 38.1 Å². The molecule has 0 amide bonds. The largest absolute Gasteiger partial charge is 0.497 e. The lowest BCUT2D eigenvalue weighted by atomic mass is 10.0. The Morgan fingerprint density at radius 1 is 1.12 bits per heavy atom. The third kappa shape index (κ3) is 4.91. The van der Waals surface area contributed by atoms with Crippen LogP contribution in [0.4, 0.5) is 0 Å². The minimum atomic E-state index is -0.0900. The molecule has 0 radical (unpaired) electrons. The van der Waals surface area contributed by atoms with Gasteiger partial charge in [-0.15, -0.1) is 5.10 Å². The van der Waals surface area contributed by atoms with Gasteiger partial charge in [0.25, 0.3) is 11.4 Å². The van der Waals surface area contributed by atoms with Crippen molar-refractivity contribution in [2.75, 3.05) is 40.0 Å². The highest BCUT2D eigenvalue weighted by Gasteiger charge is 2.20. The van der Waals surface area contributed by atoms with E-state index in [1.54, 1.807) is 11.7 Å². The maximum Gasteiger partial charge on any atom is 0.276 e. The number of methoxy groups -OCH3 is 1. The van der Waals surface area contributed by atoms with Crippen molar-refractivity contribution in [3.05, 3.63) is 46.5 Å². The number of ether oxygens (including phenoxy) is 3. The Morgan fingerprint density at radius 2 is 1.97 bits per heavy atom. The van der Waals surface area contributed by atoms with Gasteiger partial charge in [0.1, 0.15) is 19.0 Å². The van der Waals surface area contributed by atoms with E-state index in [2.05, 4.69) is 25.4 Å². The molecule has 174 valence electrons. The summed E-state index contributed by atoms with van der Waals surface area (Å²) in [4.78, 5) is 19.1. The van der Waals surface area contributed by atoms with Crippen LogP contribution in [-0.4, -0.2) is 70.6 Å². The number of likely N-dealkylation sites (tertiary alicyclic amines) is 1. The van der Waals surface area contributed by atoms with Gasteiger partial charge in [0, 0.05) is 37.8 Å². The molecule has 33 heavy (non-hydrogen) atoms. The predicted octanol–water partition coefficient (Wildman–Crippen LogP) is 1.22. The molecule has 5 rings (SSSR count). The summed E-state index contributed by atoms with van der Waals surface area (Å²) < 4.78 is 18.1. The van der Waals surface area contributed by atoms with Crippen molar-refractivity contribution in [2.45, 2.75) is 32.0 Å². The zero-order valence-electron chi connectivity index (χ0n) is 18.7. The van der Waals surface area contributed by atoms with Crippen molar-refractivity contribution in [1.82, 2.24) is 30.0 Å². The van der Waals surface area contributed by atoms with Gasteiger partial charge in [0.05, 0.1) is 30.0 Å². The first-order valence-electron chi connectivity index (χ1n) is 11.3. The van der Waals surface area contributed by atoms with Gasteiger partial charge in [-0.25, -0.2) is 4.98 Å². The number of rotatable bonds is 7. The molecule has 2 aliphatic rings. The number of piperidine rings is 1. The zero-order valence-corrected chi connectivity index (χ0v) is 18.7. The first-order chi connectivity index (χ1) is 16.2. The lowest BCUT2D eigenvalue weighted by Crippen LogP contribution is -2.43. The van der Waals surface area contributed by atoms with Gasteiger partial charge in [-0.3, -0.25) is 4.79 Å². The molecule has 0 unspecified atom stereocenters. The second-order valence-corrected chi connectivity index (χ2v) is 8.30. The normalized spacial score (nSPS) is 16.8. The molecular weight excluding hydrogens is 424 g/mol. The fourth-order valence-corrected chi connectivity index (χ4v) is 4.33. The van der Waals surface area contributed by atoms with Gasteiger partial charge in [-0.1, -0.05) is 0 Å². The SMILES string of the molecule is COc1ccc2ncc(=O)n(CCN3CCC(NCc4cc5c(nn4)OCCO5)CC3)c2c1. The van der Waals surface area contributed by atoms with Gasteiger partial charge in [0.15, 0.2) is 5.75 Å². The summed E-state index contributed by atoms with van der Waals surface area (Å²) in [5, 5.41) is 11.9. The Morgan fingerprint density at radius 3 is 2.82 bits per heavy atom. The predicted molar refractivity (Wildman–Crippen MR) is 122 cm³/mol. The van der Waals surface area contributed by atoms with Crippen molar-refractivity contribution >= 4 is 11.0 Å². The van der Waals surface area contributed by atoms with Crippen LogP contribution in [-0.2, 0) is 13.1 Å². The molecule has 2 aliphatic heterocycles. The molecule has 0 saturated carbocycles. The zero-order chi connectivity index (χ0) is 22.6. The Kier molecular flexibility index (Phi) is 6.36. The van der Waals surface area contributed by atoms with E-state index >= 15 is 0 Å². The molecule has 2 aromatic heterocycles. The van der Waals surface area contributed by atoms with Crippen LogP contribution in [0.3, 0.4) is 0 Å². The first kappa shape index (κ1) is 21.6. The average molecular weight is 453 g/mol. The van der Waals surface area contributed by atoms with Crippen molar-refractivity contribution < 1.29 is 14.2 Å². The van der Waals surface area contributed by atoms with Crippen LogP contribution < -0.4 is 25.1 Å². The lowest BCUT2D eigenvalue weighted by molar-refractivity contribution is 0.161. The molecule has 0 bridgehead atoms. The minimum absolute atomic E-state index is 0.0900. The average Bonchev–Trinajstić information content (AvgIpc) is 2.87. The highest BCUT2D eigenvalue weighted by atomic mass is 16.6. The molecule has 3 aromatic rings. The number of nitrogens with one attached hydrogen (secondary N) is 1. The lowest BCUT2D eigenvalue weighted by Gasteiger charge is -2.32. The molecule has 1 saturated heterocycles. The molecule has 10 nitrogen and oxygen atoms in total. The Hall–Kier alpha value is -3.24. The van der Waals surface area contributed by atoms with Crippen molar-refractivity contribution in [3.63, 3.8) is 0 Å². The van der Waals surface area contributed by atoms with E-state index < -0.39 is 0 Å². The van der Waals surface area contributed by atoms with Gasteiger partial charge >= 0.3 is 0 Å². The molecule has 1 N–H and O–H groups in total. The molecule has 0 aliphatic carbocycles. The summed E-state index contributed by atoms with van der Waals surface area (Å²) in [6.45, 7) is 5.09. The number of hydrogen-bond acceptors (Lipinski definition) is 9. The van der Waals surface area contributed by atoms with E-state index in [0.717, 1.165) is 55.0 Å². The summed E-state index contributed by atoms with van der Waals surface area (Å²) in [5.41, 5.74) is 2.35. The number of fused-ring (bicyclic) bond motifs is 2. The van der Waals surface area contributed by atoms with E-state index in [4.69, 9.17) is 14.2 Å². The summed E-state index contributed by atoms with van der Waals surface area (Å²) in [5.74, 6) is 1.86. The van der Waals surface area contributed by atoms with Crippen LogP contribution in [0.15, 0.2) is 35.3 Å². The third-order valence-electron chi connectivity index (χ3n) is 6.21. The van der Waals surface area contributed by atoms with Crippen LogP contribution in [0.25, 0.3) is 11.0 Å². The van der Waals surface area contributed by atoms with Gasteiger partial charge in [0.2, 0.25) is 0 Å². The summed E-state index contributed by atoms with van der Waals surface area (Å²) >= 11 is 0. The molecule has 0 atom stereocenters. The van der Waals surface area contributed by atoms with Crippen LogP contribution in [0.5, 0.6) is 17.4 Å². The quantitative estimate of drug-likeness (QED) is 0.567. The molecular formula is C23H28N6O4. The minimum Gasteiger partial charge on any atom is -0.497 e. The maximum atomic E-state index is 12.5. The highest BCUT2D eigenvalue weighted by Crippen LogP contribution is 2.26. The van der Waals surface area contributed by atoms with Gasteiger partial charge < -0.3 is 29.0 Å². The van der Waals surface area contributed by atoms with Crippen molar-refractivity contribution in [1.29, 1.82) is 0 Å². The fraction of sp³-hybridized carbons (Fsp3) is 0.478. The van der Waals surface area contributed by atoms with E-state index in [1.807, 2.05) is 24.3 Å². The standard InChI is InChI=1S/C23H28N6O4/c1-31-18-2-3-19-20(13-18)29(22(30)15-25-19)9-8-28-6-4-16(5-7-28)24-14-17-12-21-23(27-26-17)33-11-10-32-21/h2-3,12-13,15-16,24H,4-11,14H2,1H3. The monoisotopic (exact) mass is 452 g/mol. The number of nitrogens with zero attached hydrogens (tertiary/aromatic N) is 5. The molecule has 1 aromatic carbocycles. The number of aromatic nitrogens is 4. The van der Waals surface area contributed by atoms with Crippen molar-refractivity contribution in [3.8, 4) is 17.4 Å². The molecule has 10 heteroatoms. The summed E-state index contributed by atoms with van der Waals surface area (Å²) in [7, 11) is 1.62. The summed E-state index contributed by atoms with van der Waals surface area (Å²) in [6, 6.07) is 7.94. The Balaban J connectivity index is 1.13. The van der Waals surface area contributed by atoms with Crippen LogP contribution in [0.2, 0.25) is 0 Å². The fourth-order valence-electron chi connectivity index (χ4n) is 4.33. The van der Waals surface area contributed by atoms with Crippen LogP contribution >= 0.6 is 0 Å². The Bertz CT molecular complexity index is 1180. The van der Waals surface area contributed by atoms with E-state index in [1.165, 1.54) is 6.20 Å². The molecule has 1 fully saturated rings. The number of hydrogen-bond donors (Lipinski definition) is 1. The molecule has 4 heterocycles. The molecule has 0 spiro atoms. The number of benzene rings is 1. The smallest absolute Gasteiger partial charge is 0.276 e. The van der Waals surface area contributed by atoms with Crippen molar-refractivity contribution in [2.24, 2.45) is 0 Å².